The van der Waals surface area contributed by atoms with Crippen molar-refractivity contribution in [3.8, 4) is 0 Å². The van der Waals surface area contributed by atoms with E-state index in [0.717, 1.165) is 25.2 Å². The van der Waals surface area contributed by atoms with Crippen molar-refractivity contribution >= 4 is 5.69 Å². The number of hydrogen-bond acceptors (Lipinski definition) is 2. The van der Waals surface area contributed by atoms with E-state index in [1.165, 1.54) is 11.6 Å². The van der Waals surface area contributed by atoms with Gasteiger partial charge < -0.3 is 10.2 Å². The Balaban J connectivity index is 2.11. The lowest BCUT2D eigenvalue weighted by Gasteiger charge is -2.27. The summed E-state index contributed by atoms with van der Waals surface area (Å²) in [5, 5.41) is 3.57. The van der Waals surface area contributed by atoms with E-state index in [1.807, 2.05) is 19.2 Å². The second kappa shape index (κ2) is 7.79. The second-order valence-corrected chi connectivity index (χ2v) is 5.28. The number of halogens is 1. The molecule has 0 amide bonds. The van der Waals surface area contributed by atoms with Crippen molar-refractivity contribution < 1.29 is 4.39 Å². The molecule has 0 aliphatic rings. The van der Waals surface area contributed by atoms with Crippen LogP contribution in [0.4, 0.5) is 10.1 Å². The standard InChI is InChI=1S/C18H23FN2/c1-3-12-20-18(15-8-5-4-6-9-15)14-21(2)17-11-7-10-16(19)13-17/h4-11,13,18,20H,3,12,14H2,1-2H3. The molecule has 0 fully saturated rings. The molecule has 0 aliphatic carbocycles. The summed E-state index contributed by atoms with van der Waals surface area (Å²) in [5.74, 6) is -0.197. The van der Waals surface area contributed by atoms with E-state index in [0.29, 0.717) is 0 Å². The number of benzene rings is 2. The Bertz CT molecular complexity index is 542. The van der Waals surface area contributed by atoms with Crippen molar-refractivity contribution in [3.05, 3.63) is 66.0 Å². The SMILES string of the molecule is CCCNC(CN(C)c1cccc(F)c1)c1ccccc1. The first-order chi connectivity index (χ1) is 10.2. The second-order valence-electron chi connectivity index (χ2n) is 5.28. The minimum absolute atomic E-state index is 0.197. The summed E-state index contributed by atoms with van der Waals surface area (Å²) < 4.78 is 13.3. The fourth-order valence-corrected chi connectivity index (χ4v) is 2.38. The van der Waals surface area contributed by atoms with Crippen LogP contribution in [0.15, 0.2) is 54.6 Å². The van der Waals surface area contributed by atoms with Crippen molar-refractivity contribution in [2.75, 3.05) is 25.0 Å². The van der Waals surface area contributed by atoms with Crippen LogP contribution in [-0.4, -0.2) is 20.1 Å². The van der Waals surface area contributed by atoms with E-state index >= 15 is 0 Å². The Morgan fingerprint density at radius 1 is 1.10 bits per heavy atom. The average molecular weight is 286 g/mol. The van der Waals surface area contributed by atoms with Crippen molar-refractivity contribution in [1.82, 2.24) is 5.32 Å². The fourth-order valence-electron chi connectivity index (χ4n) is 2.38. The van der Waals surface area contributed by atoms with Gasteiger partial charge in [-0.25, -0.2) is 4.39 Å². The minimum Gasteiger partial charge on any atom is -0.373 e. The minimum atomic E-state index is -0.197. The van der Waals surface area contributed by atoms with Crippen molar-refractivity contribution in [2.45, 2.75) is 19.4 Å². The van der Waals surface area contributed by atoms with Gasteiger partial charge >= 0.3 is 0 Å². The zero-order chi connectivity index (χ0) is 15.1. The van der Waals surface area contributed by atoms with Crippen LogP contribution in [0.2, 0.25) is 0 Å². The zero-order valence-electron chi connectivity index (χ0n) is 12.7. The lowest BCUT2D eigenvalue weighted by Crippen LogP contribution is -2.33. The van der Waals surface area contributed by atoms with Gasteiger partial charge in [0.25, 0.3) is 0 Å². The fraction of sp³-hybridized carbons (Fsp3) is 0.333. The smallest absolute Gasteiger partial charge is 0.125 e. The van der Waals surface area contributed by atoms with Gasteiger partial charge in [-0.2, -0.15) is 0 Å². The van der Waals surface area contributed by atoms with Gasteiger partial charge in [0.05, 0.1) is 0 Å². The summed E-state index contributed by atoms with van der Waals surface area (Å²) in [5.41, 5.74) is 2.16. The summed E-state index contributed by atoms with van der Waals surface area (Å²) in [6.07, 6.45) is 1.09. The predicted octanol–water partition coefficient (Wildman–Crippen LogP) is 4.00. The molecule has 0 bridgehead atoms. The van der Waals surface area contributed by atoms with E-state index in [9.17, 15) is 4.39 Å². The molecule has 2 aromatic rings. The maximum absolute atomic E-state index is 13.3. The maximum atomic E-state index is 13.3. The first-order valence-corrected chi connectivity index (χ1v) is 7.45. The number of rotatable bonds is 7. The molecule has 2 rings (SSSR count). The Kier molecular flexibility index (Phi) is 5.76. The monoisotopic (exact) mass is 286 g/mol. The first kappa shape index (κ1) is 15.5. The maximum Gasteiger partial charge on any atom is 0.125 e. The normalized spacial score (nSPS) is 12.1. The molecule has 0 heterocycles. The van der Waals surface area contributed by atoms with E-state index in [1.54, 1.807) is 12.1 Å². The van der Waals surface area contributed by atoms with Crippen LogP contribution >= 0.6 is 0 Å². The highest BCUT2D eigenvalue weighted by atomic mass is 19.1. The van der Waals surface area contributed by atoms with E-state index < -0.39 is 0 Å². The third-order valence-corrected chi connectivity index (χ3v) is 3.55. The summed E-state index contributed by atoms with van der Waals surface area (Å²) in [6.45, 7) is 3.93. The summed E-state index contributed by atoms with van der Waals surface area (Å²) >= 11 is 0. The zero-order valence-corrected chi connectivity index (χ0v) is 12.7. The third-order valence-electron chi connectivity index (χ3n) is 3.55. The molecule has 2 aromatic carbocycles. The van der Waals surface area contributed by atoms with Crippen LogP contribution in [0, 0.1) is 5.82 Å². The molecule has 2 nitrogen and oxygen atoms in total. The number of anilines is 1. The van der Waals surface area contributed by atoms with Crippen molar-refractivity contribution in [2.24, 2.45) is 0 Å². The molecule has 0 saturated heterocycles. The summed E-state index contributed by atoms with van der Waals surface area (Å²) in [4.78, 5) is 2.09. The van der Waals surface area contributed by atoms with Crippen molar-refractivity contribution in [1.29, 1.82) is 0 Å². The lowest BCUT2D eigenvalue weighted by molar-refractivity contribution is 0.530. The quantitative estimate of drug-likeness (QED) is 0.827. The molecular weight excluding hydrogens is 263 g/mol. The molecule has 1 atom stereocenters. The van der Waals surface area contributed by atoms with Gasteiger partial charge in [-0.1, -0.05) is 43.3 Å². The van der Waals surface area contributed by atoms with Gasteiger partial charge in [0.1, 0.15) is 5.82 Å². The molecule has 0 spiro atoms. The van der Waals surface area contributed by atoms with Crippen LogP contribution in [0.5, 0.6) is 0 Å². The van der Waals surface area contributed by atoms with Crippen LogP contribution in [0.1, 0.15) is 24.9 Å². The van der Waals surface area contributed by atoms with Crippen LogP contribution in [0.3, 0.4) is 0 Å². The van der Waals surface area contributed by atoms with E-state index in [2.05, 4.69) is 41.4 Å². The molecule has 1 N–H and O–H groups in total. The van der Waals surface area contributed by atoms with Crippen LogP contribution in [0.25, 0.3) is 0 Å². The molecule has 0 aliphatic heterocycles. The van der Waals surface area contributed by atoms with Crippen LogP contribution in [-0.2, 0) is 0 Å². The summed E-state index contributed by atoms with van der Waals surface area (Å²) in [7, 11) is 2.00. The van der Waals surface area contributed by atoms with Gasteiger partial charge in [-0.15, -0.1) is 0 Å². The number of nitrogens with one attached hydrogen (secondary N) is 1. The third kappa shape index (κ3) is 4.57. The summed E-state index contributed by atoms with van der Waals surface area (Å²) in [6, 6.07) is 17.4. The molecule has 112 valence electrons. The van der Waals surface area contributed by atoms with E-state index in [-0.39, 0.29) is 11.9 Å². The topological polar surface area (TPSA) is 15.3 Å². The Labute approximate surface area is 126 Å². The number of likely N-dealkylation sites (N-methyl/N-ethyl adjacent to an activating group) is 1. The molecular formula is C18H23FN2. The number of hydrogen-bond donors (Lipinski definition) is 1. The van der Waals surface area contributed by atoms with Gasteiger partial charge in [-0.05, 0) is 36.7 Å². The van der Waals surface area contributed by atoms with Crippen LogP contribution < -0.4 is 10.2 Å². The van der Waals surface area contributed by atoms with Gasteiger partial charge in [0.15, 0.2) is 0 Å². The Morgan fingerprint density at radius 2 is 1.86 bits per heavy atom. The van der Waals surface area contributed by atoms with E-state index in [4.69, 9.17) is 0 Å². The predicted molar refractivity (Wildman–Crippen MR) is 87.1 cm³/mol. The largest absolute Gasteiger partial charge is 0.373 e. The average Bonchev–Trinajstić information content (AvgIpc) is 2.52. The Morgan fingerprint density at radius 3 is 2.52 bits per heavy atom. The highest BCUT2D eigenvalue weighted by Crippen LogP contribution is 2.19. The van der Waals surface area contributed by atoms with Gasteiger partial charge in [0, 0.05) is 25.3 Å². The van der Waals surface area contributed by atoms with Gasteiger partial charge in [0.2, 0.25) is 0 Å². The Hall–Kier alpha value is -1.87. The number of nitrogens with zero attached hydrogens (tertiary/aromatic N) is 1. The molecule has 0 radical (unpaired) electrons. The highest BCUT2D eigenvalue weighted by Gasteiger charge is 2.13. The first-order valence-electron chi connectivity index (χ1n) is 7.45. The molecule has 1 unspecified atom stereocenters. The van der Waals surface area contributed by atoms with Gasteiger partial charge in [-0.3, -0.25) is 0 Å². The molecule has 3 heteroatoms. The highest BCUT2D eigenvalue weighted by molar-refractivity contribution is 5.46. The lowest BCUT2D eigenvalue weighted by atomic mass is 10.1. The molecule has 0 saturated carbocycles. The molecule has 0 aromatic heterocycles. The molecule has 21 heavy (non-hydrogen) atoms. The van der Waals surface area contributed by atoms with Crippen molar-refractivity contribution in [3.63, 3.8) is 0 Å².